The minimum atomic E-state index is -0.960. The Bertz CT molecular complexity index is 401. The van der Waals surface area contributed by atoms with Crippen LogP contribution in [0.15, 0.2) is 18.3 Å². The first-order valence-corrected chi connectivity index (χ1v) is 5.16. The molecule has 1 heterocycles. The Balaban J connectivity index is 2.91. The Morgan fingerprint density at radius 2 is 1.88 bits per heavy atom. The van der Waals surface area contributed by atoms with Crippen LogP contribution in [0.4, 0.5) is 0 Å². The highest BCUT2D eigenvalue weighted by Crippen LogP contribution is 2.13. The van der Waals surface area contributed by atoms with Crippen molar-refractivity contribution in [1.82, 2.24) is 4.98 Å². The molecule has 0 spiro atoms. The summed E-state index contributed by atoms with van der Waals surface area (Å²) in [4.78, 5) is 27.1. The fourth-order valence-electron chi connectivity index (χ4n) is 1.47. The number of hydrogen-bond donors (Lipinski definition) is 0. The summed E-state index contributed by atoms with van der Waals surface area (Å²) in [6, 6.07) is 3.66. The summed E-state index contributed by atoms with van der Waals surface area (Å²) < 4.78 is 9.16. The molecule has 0 fully saturated rings. The molecule has 0 N–H and O–H groups in total. The van der Waals surface area contributed by atoms with Gasteiger partial charge in [-0.2, -0.15) is 0 Å². The van der Waals surface area contributed by atoms with Crippen LogP contribution in [0.5, 0.6) is 0 Å². The van der Waals surface area contributed by atoms with E-state index in [1.54, 1.807) is 12.3 Å². The molecule has 92 valence electrons. The van der Waals surface area contributed by atoms with Crippen molar-refractivity contribution in [2.75, 3.05) is 14.2 Å². The Morgan fingerprint density at radius 1 is 1.29 bits per heavy atom. The highest BCUT2D eigenvalue weighted by Gasteiger charge is 2.29. The topological polar surface area (TPSA) is 65.5 Å². The summed E-state index contributed by atoms with van der Waals surface area (Å²) in [5.41, 5.74) is 1.61. The lowest BCUT2D eigenvalue weighted by atomic mass is 10.0. The lowest BCUT2D eigenvalue weighted by molar-refractivity contribution is -0.158. The van der Waals surface area contributed by atoms with E-state index in [1.807, 2.05) is 13.0 Å². The van der Waals surface area contributed by atoms with Crippen molar-refractivity contribution in [1.29, 1.82) is 0 Å². The third-order valence-electron chi connectivity index (χ3n) is 2.49. The van der Waals surface area contributed by atoms with Crippen LogP contribution in [-0.2, 0) is 25.5 Å². The molecule has 1 aromatic rings. The Morgan fingerprint density at radius 3 is 2.35 bits per heavy atom. The lowest BCUT2D eigenvalue weighted by Gasteiger charge is -2.12. The van der Waals surface area contributed by atoms with Crippen molar-refractivity contribution in [3.8, 4) is 0 Å². The van der Waals surface area contributed by atoms with Crippen LogP contribution in [0.2, 0.25) is 0 Å². The fourth-order valence-corrected chi connectivity index (χ4v) is 1.47. The monoisotopic (exact) mass is 237 g/mol. The van der Waals surface area contributed by atoms with Gasteiger partial charge in [-0.1, -0.05) is 6.07 Å². The summed E-state index contributed by atoms with van der Waals surface area (Å²) in [6.07, 6.45) is 1.81. The number of rotatable bonds is 4. The smallest absolute Gasteiger partial charge is 0.320 e. The second kappa shape index (κ2) is 5.98. The average Bonchev–Trinajstić information content (AvgIpc) is 2.36. The molecule has 0 aliphatic rings. The summed E-state index contributed by atoms with van der Waals surface area (Å²) in [5.74, 6) is -2.18. The van der Waals surface area contributed by atoms with Gasteiger partial charge in [-0.3, -0.25) is 14.6 Å². The van der Waals surface area contributed by atoms with Crippen molar-refractivity contribution in [3.05, 3.63) is 29.6 Å². The molecular formula is C12H15NO4. The van der Waals surface area contributed by atoms with E-state index in [2.05, 4.69) is 14.5 Å². The molecule has 0 radical (unpaired) electrons. The third-order valence-corrected chi connectivity index (χ3v) is 2.49. The molecule has 0 aliphatic heterocycles. The summed E-state index contributed by atoms with van der Waals surface area (Å²) in [5, 5.41) is 0. The van der Waals surface area contributed by atoms with Crippen molar-refractivity contribution < 1.29 is 19.1 Å². The first-order chi connectivity index (χ1) is 8.10. The number of methoxy groups -OCH3 is 2. The predicted octanol–water partition coefficient (Wildman–Crippen LogP) is 0.895. The van der Waals surface area contributed by atoms with E-state index in [-0.39, 0.29) is 6.42 Å². The summed E-state index contributed by atoms with van der Waals surface area (Å²) in [6.45, 7) is 1.87. The van der Waals surface area contributed by atoms with Crippen molar-refractivity contribution >= 4 is 11.9 Å². The number of hydrogen-bond acceptors (Lipinski definition) is 5. The molecule has 5 heteroatoms. The van der Waals surface area contributed by atoms with Gasteiger partial charge in [0.2, 0.25) is 0 Å². The second-order valence-electron chi connectivity index (χ2n) is 3.57. The van der Waals surface area contributed by atoms with E-state index in [9.17, 15) is 9.59 Å². The van der Waals surface area contributed by atoms with Gasteiger partial charge in [-0.15, -0.1) is 0 Å². The molecule has 0 atom stereocenters. The van der Waals surface area contributed by atoms with E-state index in [4.69, 9.17) is 0 Å². The Labute approximate surface area is 99.8 Å². The molecule has 0 saturated carbocycles. The molecular weight excluding hydrogens is 222 g/mol. The van der Waals surface area contributed by atoms with Gasteiger partial charge in [0.1, 0.15) is 0 Å². The molecule has 1 aromatic heterocycles. The average molecular weight is 237 g/mol. The zero-order valence-electron chi connectivity index (χ0n) is 10.1. The number of pyridine rings is 1. The fraction of sp³-hybridized carbons (Fsp3) is 0.417. The highest BCUT2D eigenvalue weighted by atomic mass is 16.5. The predicted molar refractivity (Wildman–Crippen MR) is 60.2 cm³/mol. The van der Waals surface area contributed by atoms with Crippen LogP contribution in [0, 0.1) is 12.8 Å². The van der Waals surface area contributed by atoms with Crippen LogP contribution in [0.1, 0.15) is 11.3 Å². The van der Waals surface area contributed by atoms with Gasteiger partial charge in [-0.25, -0.2) is 0 Å². The number of aromatic nitrogens is 1. The van der Waals surface area contributed by atoms with Gasteiger partial charge >= 0.3 is 11.9 Å². The number of esters is 2. The number of carbonyl (C=O) groups is 2. The number of carbonyl (C=O) groups excluding carboxylic acids is 2. The quantitative estimate of drug-likeness (QED) is 0.575. The Kier molecular flexibility index (Phi) is 4.63. The number of ether oxygens (including phenoxy) is 2. The van der Waals surface area contributed by atoms with E-state index < -0.39 is 17.9 Å². The van der Waals surface area contributed by atoms with Gasteiger partial charge in [-0.05, 0) is 18.6 Å². The molecule has 0 saturated heterocycles. The minimum absolute atomic E-state index is 0.187. The maximum absolute atomic E-state index is 11.5. The molecule has 0 aromatic carbocycles. The zero-order chi connectivity index (χ0) is 12.8. The zero-order valence-corrected chi connectivity index (χ0v) is 10.1. The summed E-state index contributed by atoms with van der Waals surface area (Å²) in [7, 11) is 2.48. The van der Waals surface area contributed by atoms with Crippen LogP contribution >= 0.6 is 0 Å². The van der Waals surface area contributed by atoms with E-state index in [1.165, 1.54) is 14.2 Å². The van der Waals surface area contributed by atoms with Crippen molar-refractivity contribution in [3.63, 3.8) is 0 Å². The molecule has 5 nitrogen and oxygen atoms in total. The molecule has 0 amide bonds. The molecule has 17 heavy (non-hydrogen) atoms. The van der Waals surface area contributed by atoms with Gasteiger partial charge < -0.3 is 9.47 Å². The second-order valence-corrected chi connectivity index (χ2v) is 3.57. The van der Waals surface area contributed by atoms with Crippen LogP contribution < -0.4 is 0 Å². The minimum Gasteiger partial charge on any atom is -0.468 e. The van der Waals surface area contributed by atoms with Crippen LogP contribution in [0.25, 0.3) is 0 Å². The molecule has 0 aliphatic carbocycles. The van der Waals surface area contributed by atoms with Gasteiger partial charge in [0, 0.05) is 18.3 Å². The van der Waals surface area contributed by atoms with Gasteiger partial charge in [0.15, 0.2) is 5.92 Å². The van der Waals surface area contributed by atoms with Gasteiger partial charge in [0.05, 0.1) is 14.2 Å². The standard InChI is InChI=1S/C12H15NO4/c1-8-5-4-6-13-10(8)7-9(11(14)16-2)12(15)17-3/h4-6,9H,7H2,1-3H3. The maximum atomic E-state index is 11.5. The maximum Gasteiger partial charge on any atom is 0.320 e. The highest BCUT2D eigenvalue weighted by molar-refractivity contribution is 5.95. The van der Waals surface area contributed by atoms with Crippen LogP contribution in [-0.4, -0.2) is 31.1 Å². The lowest BCUT2D eigenvalue weighted by Crippen LogP contribution is -2.29. The normalized spacial score (nSPS) is 10.1. The molecule has 0 unspecified atom stereocenters. The van der Waals surface area contributed by atoms with E-state index in [0.29, 0.717) is 5.69 Å². The molecule has 1 rings (SSSR count). The van der Waals surface area contributed by atoms with Gasteiger partial charge in [0.25, 0.3) is 0 Å². The molecule has 0 bridgehead atoms. The van der Waals surface area contributed by atoms with Crippen molar-refractivity contribution in [2.24, 2.45) is 5.92 Å². The number of nitrogens with zero attached hydrogens (tertiary/aromatic N) is 1. The summed E-state index contributed by atoms with van der Waals surface area (Å²) >= 11 is 0. The number of aryl methyl sites for hydroxylation is 1. The Hall–Kier alpha value is -1.91. The van der Waals surface area contributed by atoms with E-state index >= 15 is 0 Å². The SMILES string of the molecule is COC(=O)C(Cc1ncccc1C)C(=O)OC. The first kappa shape index (κ1) is 13.2. The largest absolute Gasteiger partial charge is 0.468 e. The van der Waals surface area contributed by atoms with Crippen LogP contribution in [0.3, 0.4) is 0 Å². The third kappa shape index (κ3) is 3.27. The van der Waals surface area contributed by atoms with E-state index in [0.717, 1.165) is 5.56 Å². The van der Waals surface area contributed by atoms with Crippen molar-refractivity contribution in [2.45, 2.75) is 13.3 Å². The first-order valence-electron chi connectivity index (χ1n) is 5.16.